The molecule has 0 atom stereocenters. The highest BCUT2D eigenvalue weighted by atomic mass is 79.9. The van der Waals surface area contributed by atoms with Crippen molar-refractivity contribution >= 4 is 43.3 Å². The van der Waals surface area contributed by atoms with E-state index in [1.165, 1.54) is 16.7 Å². The highest BCUT2D eigenvalue weighted by molar-refractivity contribution is 9.10. The summed E-state index contributed by atoms with van der Waals surface area (Å²) >= 11 is 5.30. The standard InChI is InChI=1S/C32H34BrN3O2S/c33-28-19-22(9-10-29(28)38-25-11-15-34-16-12-25)21-36-17-13-24(14-18-36)35-32(37)31-20-27-26(7-4-8-30(27)39-31)23-5-2-1-3-6-23/h1-10,19-20,24-25,34H,11-18,21H2,(H,35,37). The van der Waals surface area contributed by atoms with Crippen LogP contribution in [0, 0.1) is 0 Å². The Labute approximate surface area is 242 Å². The number of carbonyl (C=O) groups excluding carboxylic acids is 1. The first-order chi connectivity index (χ1) is 19.1. The van der Waals surface area contributed by atoms with Crippen molar-refractivity contribution in [2.75, 3.05) is 26.2 Å². The van der Waals surface area contributed by atoms with Gasteiger partial charge in [0.2, 0.25) is 0 Å². The van der Waals surface area contributed by atoms with Crippen molar-refractivity contribution in [2.24, 2.45) is 0 Å². The molecule has 2 saturated heterocycles. The number of hydrogen-bond donors (Lipinski definition) is 2. The predicted molar refractivity (Wildman–Crippen MR) is 164 cm³/mol. The van der Waals surface area contributed by atoms with Crippen molar-refractivity contribution in [2.45, 2.75) is 44.4 Å². The molecule has 4 aromatic rings. The molecule has 2 fully saturated rings. The molecule has 1 aromatic heterocycles. The maximum Gasteiger partial charge on any atom is 0.261 e. The molecule has 0 unspecified atom stereocenters. The molecular formula is C32H34BrN3O2S. The second-order valence-corrected chi connectivity index (χ2v) is 12.5. The summed E-state index contributed by atoms with van der Waals surface area (Å²) in [5.41, 5.74) is 3.63. The molecule has 1 amide bonds. The number of nitrogens with one attached hydrogen (secondary N) is 2. The van der Waals surface area contributed by atoms with E-state index >= 15 is 0 Å². The number of benzene rings is 3. The summed E-state index contributed by atoms with van der Waals surface area (Å²) in [6.07, 6.45) is 4.32. The van der Waals surface area contributed by atoms with Gasteiger partial charge in [-0.25, -0.2) is 0 Å². The highest BCUT2D eigenvalue weighted by Crippen LogP contribution is 2.34. The van der Waals surface area contributed by atoms with E-state index in [4.69, 9.17) is 4.74 Å². The monoisotopic (exact) mass is 603 g/mol. The Kier molecular flexibility index (Phi) is 8.30. The molecule has 0 saturated carbocycles. The number of amides is 1. The minimum atomic E-state index is 0.0435. The van der Waals surface area contributed by atoms with Crippen LogP contribution >= 0.6 is 27.3 Å². The van der Waals surface area contributed by atoms with Crippen molar-refractivity contribution in [1.29, 1.82) is 0 Å². The van der Waals surface area contributed by atoms with Crippen LogP contribution in [0.2, 0.25) is 0 Å². The maximum absolute atomic E-state index is 13.2. The van der Waals surface area contributed by atoms with Gasteiger partial charge < -0.3 is 15.4 Å². The average molecular weight is 605 g/mol. The number of hydrogen-bond acceptors (Lipinski definition) is 5. The Morgan fingerprint density at radius 2 is 1.77 bits per heavy atom. The number of piperidine rings is 2. The fourth-order valence-electron chi connectivity index (χ4n) is 5.62. The van der Waals surface area contributed by atoms with Gasteiger partial charge in [-0.3, -0.25) is 9.69 Å². The Morgan fingerprint density at radius 3 is 2.54 bits per heavy atom. The van der Waals surface area contributed by atoms with Gasteiger partial charge >= 0.3 is 0 Å². The molecule has 202 valence electrons. The van der Waals surface area contributed by atoms with Crippen molar-refractivity contribution in [3.05, 3.63) is 87.7 Å². The van der Waals surface area contributed by atoms with E-state index in [9.17, 15) is 4.79 Å². The number of ether oxygens (including phenoxy) is 1. The summed E-state index contributed by atoms with van der Waals surface area (Å²) in [4.78, 5) is 16.4. The molecule has 2 N–H and O–H groups in total. The summed E-state index contributed by atoms with van der Waals surface area (Å²) in [6, 6.07) is 25.4. The number of fused-ring (bicyclic) bond motifs is 1. The fourth-order valence-corrected chi connectivity index (χ4v) is 7.13. The molecule has 6 rings (SSSR count). The summed E-state index contributed by atoms with van der Waals surface area (Å²) in [5.74, 6) is 0.978. The molecular weight excluding hydrogens is 570 g/mol. The smallest absolute Gasteiger partial charge is 0.261 e. The molecule has 3 aromatic carbocycles. The van der Waals surface area contributed by atoms with Crippen LogP contribution in [0.25, 0.3) is 21.2 Å². The van der Waals surface area contributed by atoms with Gasteiger partial charge in [-0.1, -0.05) is 48.5 Å². The molecule has 5 nitrogen and oxygen atoms in total. The SMILES string of the molecule is O=C(NC1CCN(Cc2ccc(OC3CCNCC3)c(Br)c2)CC1)c1cc2c(-c3ccccc3)cccc2s1. The van der Waals surface area contributed by atoms with Gasteiger partial charge in [0.05, 0.1) is 9.35 Å². The number of rotatable bonds is 7. The normalized spacial score (nSPS) is 17.4. The average Bonchev–Trinajstić information content (AvgIpc) is 3.42. The lowest BCUT2D eigenvalue weighted by molar-refractivity contribution is 0.0913. The van der Waals surface area contributed by atoms with E-state index in [1.807, 2.05) is 6.07 Å². The van der Waals surface area contributed by atoms with Crippen LogP contribution in [0.1, 0.15) is 40.9 Å². The number of thiophene rings is 1. The van der Waals surface area contributed by atoms with Crippen molar-refractivity contribution < 1.29 is 9.53 Å². The van der Waals surface area contributed by atoms with E-state index < -0.39 is 0 Å². The van der Waals surface area contributed by atoms with Crippen LogP contribution in [0.15, 0.2) is 77.3 Å². The van der Waals surface area contributed by atoms with Crippen LogP contribution in [-0.4, -0.2) is 49.1 Å². The molecule has 3 heterocycles. The largest absolute Gasteiger partial charge is 0.489 e. The second-order valence-electron chi connectivity index (χ2n) is 10.5. The quantitative estimate of drug-likeness (QED) is 0.242. The molecule has 0 bridgehead atoms. The first kappa shape index (κ1) is 26.5. The fraction of sp³-hybridized carbons (Fsp3) is 0.344. The third kappa shape index (κ3) is 6.38. The van der Waals surface area contributed by atoms with Gasteiger partial charge in [0.15, 0.2) is 0 Å². The lowest BCUT2D eigenvalue weighted by Crippen LogP contribution is -2.44. The van der Waals surface area contributed by atoms with E-state index in [-0.39, 0.29) is 11.9 Å². The van der Waals surface area contributed by atoms with Crippen LogP contribution in [0.3, 0.4) is 0 Å². The second kappa shape index (κ2) is 12.2. The van der Waals surface area contributed by atoms with Crippen LogP contribution in [0.5, 0.6) is 5.75 Å². The molecule has 7 heteroatoms. The third-order valence-corrected chi connectivity index (χ3v) is 9.49. The first-order valence-electron chi connectivity index (χ1n) is 13.9. The Morgan fingerprint density at radius 1 is 0.974 bits per heavy atom. The van der Waals surface area contributed by atoms with Gasteiger partial charge in [0.25, 0.3) is 5.91 Å². The third-order valence-electron chi connectivity index (χ3n) is 7.78. The topological polar surface area (TPSA) is 53.6 Å². The Hall–Kier alpha value is -2.71. The molecule has 0 aliphatic carbocycles. The predicted octanol–water partition coefficient (Wildman–Crippen LogP) is 6.86. The zero-order chi connectivity index (χ0) is 26.6. The van der Waals surface area contributed by atoms with Crippen LogP contribution in [-0.2, 0) is 6.54 Å². The van der Waals surface area contributed by atoms with E-state index in [0.29, 0.717) is 6.10 Å². The molecule has 0 radical (unpaired) electrons. The molecule has 2 aliphatic heterocycles. The van der Waals surface area contributed by atoms with Crippen molar-refractivity contribution in [3.63, 3.8) is 0 Å². The molecule has 39 heavy (non-hydrogen) atoms. The highest BCUT2D eigenvalue weighted by Gasteiger charge is 2.23. The minimum absolute atomic E-state index is 0.0435. The first-order valence-corrected chi connectivity index (χ1v) is 15.5. The van der Waals surface area contributed by atoms with Gasteiger partial charge in [-0.15, -0.1) is 11.3 Å². The lowest BCUT2D eigenvalue weighted by atomic mass is 10.0. The van der Waals surface area contributed by atoms with Crippen LogP contribution in [0.4, 0.5) is 0 Å². The maximum atomic E-state index is 13.2. The van der Waals surface area contributed by atoms with Crippen molar-refractivity contribution in [1.82, 2.24) is 15.5 Å². The zero-order valence-corrected chi connectivity index (χ0v) is 24.4. The molecule has 2 aliphatic rings. The summed E-state index contributed by atoms with van der Waals surface area (Å²) in [6.45, 7) is 4.90. The number of halogens is 1. The lowest BCUT2D eigenvalue weighted by Gasteiger charge is -2.32. The van der Waals surface area contributed by atoms with E-state index in [2.05, 4.69) is 98.2 Å². The summed E-state index contributed by atoms with van der Waals surface area (Å²) in [5, 5.41) is 7.84. The number of nitrogens with zero attached hydrogens (tertiary/aromatic N) is 1. The van der Waals surface area contributed by atoms with Gasteiger partial charge in [0.1, 0.15) is 11.9 Å². The summed E-state index contributed by atoms with van der Waals surface area (Å²) in [7, 11) is 0. The van der Waals surface area contributed by atoms with Crippen molar-refractivity contribution in [3.8, 4) is 16.9 Å². The van der Waals surface area contributed by atoms with Gasteiger partial charge in [-0.2, -0.15) is 0 Å². The van der Waals surface area contributed by atoms with Crippen LogP contribution < -0.4 is 15.4 Å². The van der Waals surface area contributed by atoms with Gasteiger partial charge in [-0.05, 0) is 95.7 Å². The minimum Gasteiger partial charge on any atom is -0.489 e. The number of carbonyl (C=O) groups is 1. The molecule has 0 spiro atoms. The summed E-state index contributed by atoms with van der Waals surface area (Å²) < 4.78 is 8.40. The Balaban J connectivity index is 1.03. The number of likely N-dealkylation sites (tertiary alicyclic amines) is 1. The van der Waals surface area contributed by atoms with E-state index in [1.54, 1.807) is 11.3 Å². The van der Waals surface area contributed by atoms with E-state index in [0.717, 1.165) is 83.6 Å². The zero-order valence-electron chi connectivity index (χ0n) is 22.0. The van der Waals surface area contributed by atoms with Gasteiger partial charge in [0, 0.05) is 35.8 Å². The Bertz CT molecular complexity index is 1430.